The third-order valence-electron chi connectivity index (χ3n) is 17.6. The van der Waals surface area contributed by atoms with Gasteiger partial charge in [-0.3, -0.25) is 0 Å². The van der Waals surface area contributed by atoms with Gasteiger partial charge in [0, 0.05) is 22.3 Å². The fourth-order valence-electron chi connectivity index (χ4n) is 12.4. The molecule has 12 aromatic carbocycles. The van der Waals surface area contributed by atoms with Gasteiger partial charge < -0.3 is 23.7 Å². The average molecular weight is 1640 g/mol. The van der Waals surface area contributed by atoms with Crippen molar-refractivity contribution in [3.05, 3.63) is 344 Å². The maximum atomic E-state index is 14.4. The van der Waals surface area contributed by atoms with E-state index in [9.17, 15) is 4.39 Å². The van der Waals surface area contributed by atoms with Crippen LogP contribution in [0, 0.1) is 68.1 Å². The highest BCUT2D eigenvalue weighted by molar-refractivity contribution is 9.11. The molecule has 0 spiro atoms. The number of halogens is 5. The number of benzene rings is 12. The van der Waals surface area contributed by atoms with E-state index in [4.69, 9.17) is 23.7 Å². The Bertz CT molecular complexity index is 4810. The molecule has 0 saturated heterocycles. The van der Waals surface area contributed by atoms with Crippen molar-refractivity contribution in [1.82, 2.24) is 0 Å². The third-order valence-corrected chi connectivity index (χ3v) is 20.0. The average Bonchev–Trinajstić information content (AvgIpc) is 0.806. The predicted molar refractivity (Wildman–Crippen MR) is 448 cm³/mol. The van der Waals surface area contributed by atoms with Gasteiger partial charge in [0.1, 0.15) is 61.0 Å². The van der Waals surface area contributed by atoms with Gasteiger partial charge in [0.2, 0.25) is 0 Å². The van der Waals surface area contributed by atoms with Gasteiger partial charge in [-0.1, -0.05) is 234 Å². The standard InChI is InChI=1S/C27H30BrFO.C23H23BrO2.2C22H21BrO/c1-26(2,3)20-12-19(13-21(14-20)27(4,5)6)23-15-22(29)16-24(28)25(23)30-17-18-10-8-7-9-11-18;1-15-10-20(19-12-16(2)22(25-4)17(3)13-19)23(21(24)11-15)26-14-18-8-6-5-7-9-18;1-15-9-16(2)11-19(10-15)20-12-17(3)13-21(23)22(20)24-14-18-7-5-4-6-8-18;1-15-9-10-19(17(3)11-15)20-12-16(2)13-21(23)22(20)24-14-18-7-5-4-6-8-18/h7-16H,17H2,1-6H3;5-13H,14H2,1-4H3;2*4-13H,14H2,1-3H3. The predicted octanol–water partition coefficient (Wildman–Crippen LogP) is 28.3. The van der Waals surface area contributed by atoms with E-state index < -0.39 is 0 Å². The fraction of sp³-hybridized carbons (Fsp3) is 0.234. The van der Waals surface area contributed by atoms with Gasteiger partial charge in [0.15, 0.2) is 0 Å². The molecule has 0 bridgehead atoms. The number of hydrogen-bond donors (Lipinski definition) is 0. The smallest absolute Gasteiger partial charge is 0.142 e. The Balaban J connectivity index is 0.000000161. The lowest BCUT2D eigenvalue weighted by Gasteiger charge is -2.27. The lowest BCUT2D eigenvalue weighted by atomic mass is 9.79. The van der Waals surface area contributed by atoms with Crippen LogP contribution in [0.3, 0.4) is 0 Å². The first-order chi connectivity index (χ1) is 49.5. The van der Waals surface area contributed by atoms with Crippen molar-refractivity contribution in [1.29, 1.82) is 0 Å². The summed E-state index contributed by atoms with van der Waals surface area (Å²) < 4.78 is 48.3. The monoisotopic (exact) mass is 1640 g/mol. The summed E-state index contributed by atoms with van der Waals surface area (Å²) in [5.41, 5.74) is 26.5. The Morgan fingerprint density at radius 1 is 0.279 bits per heavy atom. The third kappa shape index (κ3) is 22.0. The minimum atomic E-state index is -0.289. The molecule has 0 aliphatic carbocycles. The quantitative estimate of drug-likeness (QED) is 0.0909. The molecule has 0 radical (unpaired) electrons. The Kier molecular flexibility index (Phi) is 27.9. The number of rotatable bonds is 17. The SMILES string of the molecule is CC(C)(C)c1cc(-c2cc(F)cc(Br)c2OCc2ccccc2)cc(C(C)(C)C)c1.COc1c(C)cc(-c2cc(C)cc(Br)c2OCc2ccccc2)cc1C.Cc1cc(C)cc(-c2cc(C)cc(Br)c2OCc2ccccc2)c1.Cc1ccc(-c2cc(C)cc(Br)c2OCc2ccccc2)c(C)c1. The van der Waals surface area contributed by atoms with Gasteiger partial charge in [0.25, 0.3) is 0 Å². The zero-order chi connectivity index (χ0) is 75.0. The van der Waals surface area contributed by atoms with Gasteiger partial charge >= 0.3 is 0 Å². The molecular weight excluding hydrogens is 1550 g/mol. The highest BCUT2D eigenvalue weighted by Gasteiger charge is 2.24. The topological polar surface area (TPSA) is 46.2 Å². The molecule has 12 rings (SSSR count). The van der Waals surface area contributed by atoms with E-state index in [0.717, 1.165) is 103 Å². The molecule has 104 heavy (non-hydrogen) atoms. The van der Waals surface area contributed by atoms with Crippen LogP contribution in [0.2, 0.25) is 0 Å². The summed E-state index contributed by atoms with van der Waals surface area (Å²) in [6.45, 7) is 34.3. The molecular formula is C94H95Br4FO5. The highest BCUT2D eigenvalue weighted by atomic mass is 79.9. The molecule has 0 atom stereocenters. The molecule has 0 amide bonds. The first-order valence-electron chi connectivity index (χ1n) is 35.1. The molecule has 0 fully saturated rings. The zero-order valence-corrected chi connectivity index (χ0v) is 69.1. The normalized spacial score (nSPS) is 11.1. The van der Waals surface area contributed by atoms with Crippen LogP contribution in [0.5, 0.6) is 28.7 Å². The van der Waals surface area contributed by atoms with E-state index in [0.29, 0.717) is 36.6 Å². The Hall–Kier alpha value is -8.51. The van der Waals surface area contributed by atoms with Gasteiger partial charge in [-0.05, 0) is 287 Å². The first kappa shape index (κ1) is 79.6. The second-order valence-electron chi connectivity index (χ2n) is 28.9. The zero-order valence-electron chi connectivity index (χ0n) is 62.8. The largest absolute Gasteiger partial charge is 0.496 e. The molecule has 10 heteroatoms. The molecule has 0 aliphatic heterocycles. The molecule has 0 unspecified atom stereocenters. The second kappa shape index (κ2) is 36.5. The van der Waals surface area contributed by atoms with Gasteiger partial charge in [-0.2, -0.15) is 0 Å². The maximum absolute atomic E-state index is 14.4. The van der Waals surface area contributed by atoms with Crippen molar-refractivity contribution in [2.75, 3.05) is 7.11 Å². The summed E-state index contributed by atoms with van der Waals surface area (Å²) in [7, 11) is 1.71. The first-order valence-corrected chi connectivity index (χ1v) is 38.2. The van der Waals surface area contributed by atoms with Crippen molar-refractivity contribution >= 4 is 63.7 Å². The van der Waals surface area contributed by atoms with Crippen LogP contribution in [-0.2, 0) is 37.3 Å². The number of aryl methyl sites for hydroxylation is 9. The molecule has 0 N–H and O–H groups in total. The van der Waals surface area contributed by atoms with E-state index in [1.807, 2.05) is 84.9 Å². The summed E-state index contributed by atoms with van der Waals surface area (Å²) in [4.78, 5) is 0. The van der Waals surface area contributed by atoms with E-state index in [2.05, 4.69) is 307 Å². The molecule has 0 aromatic heterocycles. The minimum absolute atomic E-state index is 0.0222. The summed E-state index contributed by atoms with van der Waals surface area (Å²) in [5, 5.41) is 0. The van der Waals surface area contributed by atoms with Gasteiger partial charge in [0.05, 0.1) is 25.0 Å². The van der Waals surface area contributed by atoms with Crippen LogP contribution in [0.1, 0.15) is 125 Å². The maximum Gasteiger partial charge on any atom is 0.142 e. The van der Waals surface area contributed by atoms with E-state index in [1.54, 1.807) is 13.2 Å². The number of methoxy groups -OCH3 is 1. The number of hydrogen-bond acceptors (Lipinski definition) is 5. The lowest BCUT2D eigenvalue weighted by Crippen LogP contribution is -2.16. The molecule has 0 saturated carbocycles. The second-order valence-corrected chi connectivity index (χ2v) is 32.3. The molecule has 536 valence electrons. The lowest BCUT2D eigenvalue weighted by molar-refractivity contribution is 0.305. The van der Waals surface area contributed by atoms with Crippen molar-refractivity contribution in [3.8, 4) is 73.3 Å². The van der Waals surface area contributed by atoms with Crippen molar-refractivity contribution < 1.29 is 28.1 Å². The van der Waals surface area contributed by atoms with Crippen molar-refractivity contribution in [2.24, 2.45) is 0 Å². The Labute approximate surface area is 651 Å². The van der Waals surface area contributed by atoms with Crippen LogP contribution in [-0.4, -0.2) is 7.11 Å². The number of ether oxygens (including phenoxy) is 5. The van der Waals surface area contributed by atoms with E-state index in [1.165, 1.54) is 67.3 Å². The summed E-state index contributed by atoms with van der Waals surface area (Å²) in [5.74, 6) is 3.97. The van der Waals surface area contributed by atoms with E-state index >= 15 is 0 Å². The molecule has 0 heterocycles. The highest BCUT2D eigenvalue weighted by Crippen LogP contribution is 2.45. The van der Waals surface area contributed by atoms with Crippen molar-refractivity contribution in [3.63, 3.8) is 0 Å². The molecule has 12 aromatic rings. The van der Waals surface area contributed by atoms with Crippen LogP contribution in [0.4, 0.5) is 4.39 Å². The minimum Gasteiger partial charge on any atom is -0.496 e. The summed E-state index contributed by atoms with van der Waals surface area (Å²) >= 11 is 14.6. The van der Waals surface area contributed by atoms with Crippen molar-refractivity contribution in [2.45, 2.75) is 141 Å². The van der Waals surface area contributed by atoms with Crippen LogP contribution in [0.25, 0.3) is 44.5 Å². The van der Waals surface area contributed by atoms with Gasteiger partial charge in [-0.25, -0.2) is 4.39 Å². The van der Waals surface area contributed by atoms with Crippen LogP contribution < -0.4 is 23.7 Å². The molecule has 5 nitrogen and oxygen atoms in total. The van der Waals surface area contributed by atoms with Crippen LogP contribution >= 0.6 is 63.7 Å². The van der Waals surface area contributed by atoms with E-state index in [-0.39, 0.29) is 16.6 Å². The summed E-state index contributed by atoms with van der Waals surface area (Å²) in [6, 6.07) is 80.7. The van der Waals surface area contributed by atoms with Crippen LogP contribution in [0.15, 0.2) is 254 Å². The van der Waals surface area contributed by atoms with Gasteiger partial charge in [-0.15, -0.1) is 0 Å². The molecule has 0 aliphatic rings. The summed E-state index contributed by atoms with van der Waals surface area (Å²) in [6.07, 6.45) is 0. The fourth-order valence-corrected chi connectivity index (χ4v) is 15.0. The Morgan fingerprint density at radius 2 is 0.596 bits per heavy atom. The Morgan fingerprint density at radius 3 is 0.952 bits per heavy atom.